The van der Waals surface area contributed by atoms with Gasteiger partial charge in [-0.05, 0) is 43.3 Å². The first kappa shape index (κ1) is 34.8. The molecule has 8 atom stereocenters. The van der Waals surface area contributed by atoms with E-state index in [1.165, 1.54) is 19.3 Å². The quantitative estimate of drug-likeness (QED) is 0.120. The lowest BCUT2D eigenvalue weighted by Gasteiger charge is -2.49. The van der Waals surface area contributed by atoms with Crippen LogP contribution in [0.2, 0.25) is 0 Å². The van der Waals surface area contributed by atoms with Gasteiger partial charge in [0.1, 0.15) is 12.7 Å². The zero-order chi connectivity index (χ0) is 32.5. The third-order valence-corrected chi connectivity index (χ3v) is 11.5. The second-order valence-electron chi connectivity index (χ2n) is 14.7. The summed E-state index contributed by atoms with van der Waals surface area (Å²) in [5.41, 5.74) is -4.84. The first-order valence-corrected chi connectivity index (χ1v) is 17.2. The van der Waals surface area contributed by atoms with Gasteiger partial charge in [-0.3, -0.25) is 14.4 Å². The van der Waals surface area contributed by atoms with Crippen LogP contribution in [-0.2, 0) is 23.9 Å². The maximum absolute atomic E-state index is 14.7. The lowest BCUT2D eigenvalue weighted by molar-refractivity contribution is -0.204. The zero-order valence-corrected chi connectivity index (χ0v) is 27.8. The molecule has 1 spiro atoms. The normalized spacial score (nSPS) is 36.8. The number of carbonyl (C=O) groups excluding carboxylic acids is 3. The van der Waals surface area contributed by atoms with E-state index in [2.05, 4.69) is 6.92 Å². The molecule has 0 heterocycles. The third-order valence-electron chi connectivity index (χ3n) is 11.5. The number of rotatable bonds is 15. The van der Waals surface area contributed by atoms with Crippen LogP contribution in [0.1, 0.15) is 125 Å². The van der Waals surface area contributed by atoms with Gasteiger partial charge in [0.05, 0.1) is 11.0 Å². The summed E-state index contributed by atoms with van der Waals surface area (Å²) in [7, 11) is 0. The number of allylic oxidation sites excluding steroid dienone is 1. The smallest absolute Gasteiger partial charge is 0.306 e. The summed E-state index contributed by atoms with van der Waals surface area (Å²) in [5.74, 6) is -3.02. The van der Waals surface area contributed by atoms with Crippen molar-refractivity contribution < 1.29 is 39.2 Å². The van der Waals surface area contributed by atoms with Crippen LogP contribution in [0, 0.1) is 28.6 Å². The number of carbonyl (C=O) groups is 3. The number of ether oxygens (including phenoxy) is 2. The van der Waals surface area contributed by atoms with Crippen molar-refractivity contribution in [3.05, 3.63) is 23.3 Å². The average Bonchev–Trinajstić information content (AvgIpc) is 3.33. The van der Waals surface area contributed by atoms with Crippen molar-refractivity contribution in [2.24, 2.45) is 28.6 Å². The van der Waals surface area contributed by atoms with Gasteiger partial charge in [0.25, 0.3) is 0 Å². The fourth-order valence-corrected chi connectivity index (χ4v) is 8.85. The Morgan fingerprint density at radius 3 is 2.16 bits per heavy atom. The number of Topliss-reactive ketones (excluding diaryl/α,β-unsaturated/α-hetero) is 1. The molecule has 2 fully saturated rings. The lowest BCUT2D eigenvalue weighted by Crippen LogP contribution is -2.66. The van der Waals surface area contributed by atoms with Crippen molar-refractivity contribution in [1.82, 2.24) is 0 Å². The van der Waals surface area contributed by atoms with E-state index in [9.17, 15) is 29.7 Å². The topological polar surface area (TPSA) is 130 Å². The molecule has 248 valence electrons. The Balaban J connectivity index is 1.63. The Bertz CT molecular complexity index is 1150. The Morgan fingerprint density at radius 1 is 0.932 bits per heavy atom. The molecule has 4 rings (SSSR count). The molecule has 8 nitrogen and oxygen atoms in total. The number of aliphatic hydroxyl groups excluding tert-OH is 1. The molecule has 0 saturated heterocycles. The molecule has 2 bridgehead atoms. The van der Waals surface area contributed by atoms with Crippen LogP contribution in [0.25, 0.3) is 0 Å². The van der Waals surface area contributed by atoms with Crippen LogP contribution in [-0.4, -0.2) is 63.1 Å². The van der Waals surface area contributed by atoms with Crippen molar-refractivity contribution in [3.63, 3.8) is 0 Å². The van der Waals surface area contributed by atoms with Crippen molar-refractivity contribution in [2.75, 3.05) is 6.61 Å². The minimum atomic E-state index is -2.23. The molecule has 0 aromatic heterocycles. The highest BCUT2D eigenvalue weighted by molar-refractivity contribution is 5.96. The predicted molar refractivity (Wildman–Crippen MR) is 167 cm³/mol. The average molecular weight is 617 g/mol. The van der Waals surface area contributed by atoms with E-state index >= 15 is 0 Å². The molecule has 4 aliphatic rings. The van der Waals surface area contributed by atoms with Gasteiger partial charge in [0, 0.05) is 30.1 Å². The lowest BCUT2D eigenvalue weighted by atomic mass is 9.59. The van der Waals surface area contributed by atoms with Gasteiger partial charge >= 0.3 is 11.9 Å². The molecule has 8 heteroatoms. The number of ketones is 1. The van der Waals surface area contributed by atoms with Crippen molar-refractivity contribution >= 4 is 17.7 Å². The largest absolute Gasteiger partial charge is 0.461 e. The number of hydrogen-bond acceptors (Lipinski definition) is 8. The van der Waals surface area contributed by atoms with Crippen LogP contribution < -0.4 is 0 Å². The van der Waals surface area contributed by atoms with Crippen molar-refractivity contribution in [2.45, 2.75) is 148 Å². The highest BCUT2D eigenvalue weighted by Gasteiger charge is 2.81. The molecule has 8 unspecified atom stereocenters. The third kappa shape index (κ3) is 5.72. The van der Waals surface area contributed by atoms with E-state index in [1.807, 2.05) is 27.7 Å². The van der Waals surface area contributed by atoms with Gasteiger partial charge in [0.15, 0.2) is 17.5 Å². The summed E-state index contributed by atoms with van der Waals surface area (Å²) in [6.45, 7) is 11.3. The number of esters is 2. The second kappa shape index (κ2) is 13.4. The molecule has 0 amide bonds. The summed E-state index contributed by atoms with van der Waals surface area (Å²) in [5, 5.41) is 36.6. The van der Waals surface area contributed by atoms with Gasteiger partial charge in [0.2, 0.25) is 0 Å². The Labute approximate surface area is 263 Å². The van der Waals surface area contributed by atoms with Crippen molar-refractivity contribution in [3.8, 4) is 0 Å². The van der Waals surface area contributed by atoms with E-state index in [4.69, 9.17) is 9.47 Å². The van der Waals surface area contributed by atoms with E-state index in [0.29, 0.717) is 18.4 Å². The maximum Gasteiger partial charge on any atom is 0.306 e. The summed E-state index contributed by atoms with van der Waals surface area (Å²) in [4.78, 5) is 40.4. The molecule has 0 aromatic rings. The first-order valence-electron chi connectivity index (χ1n) is 17.2. The standard InChI is InChI=1S/C36H56O8/c1-7-9-11-12-13-14-16-18-28(38)44-32-23(3)20-34-24(4)21-35(41)29(33(35,5)6)26(31(34)40)19-25(30(39)36(32,34)42)22-43-27(37)17-15-10-8-2/h19-20,24,26,29-30,32,39,41-42H,7-18,21-22H2,1-6H3. The molecular formula is C36H56O8. The van der Waals surface area contributed by atoms with Gasteiger partial charge in [-0.2, -0.15) is 0 Å². The van der Waals surface area contributed by atoms with Gasteiger partial charge in [-0.25, -0.2) is 0 Å². The fraction of sp³-hybridized carbons (Fsp3) is 0.806. The second-order valence-corrected chi connectivity index (χ2v) is 14.7. The van der Waals surface area contributed by atoms with Crippen LogP contribution in [0.4, 0.5) is 0 Å². The monoisotopic (exact) mass is 616 g/mol. The molecule has 0 radical (unpaired) electrons. The minimum absolute atomic E-state index is 0.178. The molecule has 0 aromatic carbocycles. The van der Waals surface area contributed by atoms with Gasteiger partial charge < -0.3 is 24.8 Å². The zero-order valence-electron chi connectivity index (χ0n) is 27.8. The SMILES string of the molecule is CCCCCCCCCC(=O)OC1C(C)=CC23C(=O)C(C=C(COC(=O)CCCCC)C(O)C12O)C1C(C)(C)C1(O)CC3C. The molecule has 2 saturated carbocycles. The van der Waals surface area contributed by atoms with Crippen LogP contribution in [0.5, 0.6) is 0 Å². The summed E-state index contributed by atoms with van der Waals surface area (Å²) < 4.78 is 11.5. The Hall–Kier alpha value is -2.03. The van der Waals surface area contributed by atoms with Crippen LogP contribution in [0.15, 0.2) is 23.3 Å². The van der Waals surface area contributed by atoms with Gasteiger partial charge in [-0.15, -0.1) is 0 Å². The highest BCUT2D eigenvalue weighted by atomic mass is 16.6. The maximum atomic E-state index is 14.7. The molecule has 3 N–H and O–H groups in total. The number of hydrogen-bond donors (Lipinski definition) is 3. The summed E-state index contributed by atoms with van der Waals surface area (Å²) in [6.07, 6.45) is 10.9. The Kier molecular flexibility index (Phi) is 10.6. The summed E-state index contributed by atoms with van der Waals surface area (Å²) >= 11 is 0. The molecule has 0 aliphatic heterocycles. The molecular weight excluding hydrogens is 560 g/mol. The number of fused-ring (bicyclic) bond motifs is 3. The number of unbranched alkanes of at least 4 members (excludes halogenated alkanes) is 8. The van der Waals surface area contributed by atoms with E-state index in [0.717, 1.165) is 32.1 Å². The van der Waals surface area contributed by atoms with Gasteiger partial charge in [-0.1, -0.05) is 98.1 Å². The van der Waals surface area contributed by atoms with Crippen LogP contribution in [0.3, 0.4) is 0 Å². The van der Waals surface area contributed by atoms with Crippen LogP contribution >= 0.6 is 0 Å². The fourth-order valence-electron chi connectivity index (χ4n) is 8.85. The van der Waals surface area contributed by atoms with Crippen molar-refractivity contribution in [1.29, 1.82) is 0 Å². The number of aliphatic hydroxyl groups is 3. The first-order chi connectivity index (χ1) is 20.7. The van der Waals surface area contributed by atoms with E-state index in [1.54, 1.807) is 19.1 Å². The Morgan fingerprint density at radius 2 is 1.50 bits per heavy atom. The predicted octanol–water partition coefficient (Wildman–Crippen LogP) is 5.75. The highest BCUT2D eigenvalue weighted by Crippen LogP contribution is 2.73. The molecule has 4 aliphatic carbocycles. The van der Waals surface area contributed by atoms with E-state index < -0.39 is 63.9 Å². The molecule has 44 heavy (non-hydrogen) atoms. The van der Waals surface area contributed by atoms with E-state index in [-0.39, 0.29) is 37.2 Å². The summed E-state index contributed by atoms with van der Waals surface area (Å²) in [6, 6.07) is 0. The minimum Gasteiger partial charge on any atom is -0.461 e.